The maximum atomic E-state index is 12.5. The second-order valence-corrected chi connectivity index (χ2v) is 5.87. The highest BCUT2D eigenvalue weighted by molar-refractivity contribution is 5.82. The number of benzene rings is 1. The van der Waals surface area contributed by atoms with Crippen LogP contribution >= 0.6 is 0 Å². The molecule has 0 saturated carbocycles. The second kappa shape index (κ2) is 6.70. The van der Waals surface area contributed by atoms with Crippen molar-refractivity contribution >= 4 is 11.7 Å². The molecule has 25 heavy (non-hydrogen) atoms. The summed E-state index contributed by atoms with van der Waals surface area (Å²) in [5.41, 5.74) is 2.82. The quantitative estimate of drug-likeness (QED) is 0.836. The van der Waals surface area contributed by atoms with Gasteiger partial charge in [0.2, 0.25) is 0 Å². The maximum Gasteiger partial charge on any atom is 0.471 e. The summed E-state index contributed by atoms with van der Waals surface area (Å²) in [5.74, 6) is -1.19. The predicted octanol–water partition coefficient (Wildman–Crippen LogP) is 2.66. The molecule has 0 unspecified atom stereocenters. The molecule has 2 heterocycles. The van der Waals surface area contributed by atoms with Crippen LogP contribution in [0.3, 0.4) is 0 Å². The van der Waals surface area contributed by atoms with E-state index in [9.17, 15) is 18.0 Å². The number of halogens is 3. The van der Waals surface area contributed by atoms with Crippen LogP contribution in [0.15, 0.2) is 36.4 Å². The molecule has 0 N–H and O–H groups in total. The minimum atomic E-state index is -4.82. The van der Waals surface area contributed by atoms with Crippen molar-refractivity contribution < 1.29 is 18.0 Å². The molecule has 0 atom stereocenters. The van der Waals surface area contributed by atoms with E-state index in [4.69, 9.17) is 0 Å². The van der Waals surface area contributed by atoms with E-state index in [-0.39, 0.29) is 13.1 Å². The van der Waals surface area contributed by atoms with Crippen molar-refractivity contribution in [2.75, 3.05) is 31.1 Å². The Morgan fingerprint density at radius 3 is 2.24 bits per heavy atom. The lowest BCUT2D eigenvalue weighted by Crippen LogP contribution is -2.52. The van der Waals surface area contributed by atoms with Crippen molar-refractivity contribution in [1.82, 2.24) is 15.1 Å². The molecule has 0 aliphatic carbocycles. The minimum absolute atomic E-state index is 0.0135. The fourth-order valence-electron chi connectivity index (χ4n) is 2.82. The molecule has 1 amide bonds. The highest BCUT2D eigenvalue weighted by Gasteiger charge is 2.43. The monoisotopic (exact) mass is 350 g/mol. The third-order valence-corrected chi connectivity index (χ3v) is 4.20. The van der Waals surface area contributed by atoms with Gasteiger partial charge in [0.15, 0.2) is 5.82 Å². The highest BCUT2D eigenvalue weighted by Crippen LogP contribution is 2.23. The lowest BCUT2D eigenvalue weighted by Gasteiger charge is -2.35. The zero-order valence-electron chi connectivity index (χ0n) is 13.6. The SMILES string of the molecule is Cc1ccccc1-c1ccc(N2CCN(C(=O)C(F)(F)F)CC2)nn1. The van der Waals surface area contributed by atoms with Gasteiger partial charge in [0.1, 0.15) is 0 Å². The number of rotatable bonds is 2. The highest BCUT2D eigenvalue weighted by atomic mass is 19.4. The molecule has 1 fully saturated rings. The number of aromatic nitrogens is 2. The molecule has 3 rings (SSSR count). The first-order valence-corrected chi connectivity index (χ1v) is 7.87. The molecular weight excluding hydrogens is 333 g/mol. The summed E-state index contributed by atoms with van der Waals surface area (Å²) in [4.78, 5) is 13.9. The Morgan fingerprint density at radius 1 is 1.00 bits per heavy atom. The average Bonchev–Trinajstić information content (AvgIpc) is 2.61. The summed E-state index contributed by atoms with van der Waals surface area (Å²) < 4.78 is 37.4. The number of nitrogens with zero attached hydrogens (tertiary/aromatic N) is 4. The molecule has 1 aliphatic rings. The van der Waals surface area contributed by atoms with Gasteiger partial charge in [-0.05, 0) is 24.6 Å². The van der Waals surface area contributed by atoms with E-state index in [0.29, 0.717) is 18.9 Å². The van der Waals surface area contributed by atoms with Crippen LogP contribution in [0.25, 0.3) is 11.3 Å². The van der Waals surface area contributed by atoms with Crippen molar-refractivity contribution in [3.8, 4) is 11.3 Å². The van der Waals surface area contributed by atoms with Crippen molar-refractivity contribution in [3.63, 3.8) is 0 Å². The van der Waals surface area contributed by atoms with E-state index in [0.717, 1.165) is 21.7 Å². The van der Waals surface area contributed by atoms with Gasteiger partial charge in [-0.15, -0.1) is 10.2 Å². The Labute approximate surface area is 143 Å². The number of anilines is 1. The zero-order chi connectivity index (χ0) is 18.0. The van der Waals surface area contributed by atoms with Gasteiger partial charge in [0.05, 0.1) is 5.69 Å². The Morgan fingerprint density at radius 2 is 1.68 bits per heavy atom. The first kappa shape index (κ1) is 17.2. The van der Waals surface area contributed by atoms with Crippen LogP contribution in [0.1, 0.15) is 5.56 Å². The zero-order valence-corrected chi connectivity index (χ0v) is 13.6. The topological polar surface area (TPSA) is 49.3 Å². The third kappa shape index (κ3) is 3.72. The van der Waals surface area contributed by atoms with Gasteiger partial charge in [-0.3, -0.25) is 4.79 Å². The summed E-state index contributed by atoms with van der Waals surface area (Å²) in [7, 11) is 0. The lowest BCUT2D eigenvalue weighted by atomic mass is 10.1. The Kier molecular flexibility index (Phi) is 4.61. The van der Waals surface area contributed by atoms with E-state index < -0.39 is 12.1 Å². The van der Waals surface area contributed by atoms with E-state index in [1.165, 1.54) is 0 Å². The van der Waals surface area contributed by atoms with Gasteiger partial charge < -0.3 is 9.80 Å². The lowest BCUT2D eigenvalue weighted by molar-refractivity contribution is -0.185. The molecule has 1 saturated heterocycles. The number of aryl methyl sites for hydroxylation is 1. The summed E-state index contributed by atoms with van der Waals surface area (Å²) in [6.07, 6.45) is -4.82. The van der Waals surface area contributed by atoms with Crippen LogP contribution < -0.4 is 4.90 Å². The van der Waals surface area contributed by atoms with Gasteiger partial charge in [0, 0.05) is 31.7 Å². The number of alkyl halides is 3. The average molecular weight is 350 g/mol. The fourth-order valence-corrected chi connectivity index (χ4v) is 2.82. The van der Waals surface area contributed by atoms with Gasteiger partial charge in [0.25, 0.3) is 0 Å². The van der Waals surface area contributed by atoms with Crippen molar-refractivity contribution in [3.05, 3.63) is 42.0 Å². The predicted molar refractivity (Wildman–Crippen MR) is 87.1 cm³/mol. The molecule has 0 spiro atoms. The summed E-state index contributed by atoms with van der Waals surface area (Å²) in [6, 6.07) is 11.5. The second-order valence-electron chi connectivity index (χ2n) is 5.87. The number of hydrogen-bond acceptors (Lipinski definition) is 4. The van der Waals surface area contributed by atoms with Crippen LogP contribution in [-0.4, -0.2) is 53.4 Å². The standard InChI is InChI=1S/C17H17F3N4O/c1-12-4-2-3-5-13(12)14-6-7-15(22-21-14)23-8-10-24(11-9-23)16(25)17(18,19)20/h2-7H,8-11H2,1H3. The van der Waals surface area contributed by atoms with Gasteiger partial charge in [-0.25, -0.2) is 0 Å². The van der Waals surface area contributed by atoms with Crippen LogP contribution in [-0.2, 0) is 4.79 Å². The number of carbonyl (C=O) groups is 1. The summed E-state index contributed by atoms with van der Waals surface area (Å²) in [5, 5.41) is 8.41. The summed E-state index contributed by atoms with van der Waals surface area (Å²) >= 11 is 0. The molecule has 1 aliphatic heterocycles. The first-order valence-electron chi connectivity index (χ1n) is 7.87. The first-order chi connectivity index (χ1) is 11.9. The van der Waals surface area contributed by atoms with Crippen LogP contribution in [0.5, 0.6) is 0 Å². The van der Waals surface area contributed by atoms with Gasteiger partial charge >= 0.3 is 12.1 Å². The number of amides is 1. The van der Waals surface area contributed by atoms with Crippen molar-refractivity contribution in [1.29, 1.82) is 0 Å². The molecule has 132 valence electrons. The molecule has 5 nitrogen and oxygen atoms in total. The molecule has 1 aromatic carbocycles. The third-order valence-electron chi connectivity index (χ3n) is 4.20. The minimum Gasteiger partial charge on any atom is -0.352 e. The Hall–Kier alpha value is -2.64. The smallest absolute Gasteiger partial charge is 0.352 e. The van der Waals surface area contributed by atoms with E-state index in [1.54, 1.807) is 6.07 Å². The molecule has 8 heteroatoms. The van der Waals surface area contributed by atoms with E-state index in [2.05, 4.69) is 10.2 Å². The molecular formula is C17H17F3N4O. The molecule has 2 aromatic rings. The van der Waals surface area contributed by atoms with Crippen molar-refractivity contribution in [2.45, 2.75) is 13.1 Å². The molecule has 1 aromatic heterocycles. The van der Waals surface area contributed by atoms with Crippen LogP contribution in [0, 0.1) is 6.92 Å². The van der Waals surface area contributed by atoms with Crippen LogP contribution in [0.2, 0.25) is 0 Å². The maximum absolute atomic E-state index is 12.5. The number of piperazine rings is 1. The normalized spacial score (nSPS) is 15.4. The molecule has 0 bridgehead atoms. The Balaban J connectivity index is 1.67. The molecule has 0 radical (unpaired) electrons. The number of carbonyl (C=O) groups excluding carboxylic acids is 1. The number of hydrogen-bond donors (Lipinski definition) is 0. The van der Waals surface area contributed by atoms with Crippen molar-refractivity contribution in [2.24, 2.45) is 0 Å². The largest absolute Gasteiger partial charge is 0.471 e. The van der Waals surface area contributed by atoms with Gasteiger partial charge in [-0.1, -0.05) is 24.3 Å². The summed E-state index contributed by atoms with van der Waals surface area (Å²) in [6.45, 7) is 2.60. The van der Waals surface area contributed by atoms with E-state index >= 15 is 0 Å². The van der Waals surface area contributed by atoms with Crippen LogP contribution in [0.4, 0.5) is 19.0 Å². The van der Waals surface area contributed by atoms with Gasteiger partial charge in [-0.2, -0.15) is 13.2 Å². The Bertz CT molecular complexity index is 753. The fraction of sp³-hybridized carbons (Fsp3) is 0.353. The van der Waals surface area contributed by atoms with E-state index in [1.807, 2.05) is 42.2 Å².